The number of carboxylic acids is 1. The Kier molecular flexibility index (Phi) is 5.01. The Morgan fingerprint density at radius 2 is 1.96 bits per heavy atom. The van der Waals surface area contributed by atoms with E-state index < -0.39 is 18.0 Å². The Morgan fingerprint density at radius 1 is 1.14 bits per heavy atom. The van der Waals surface area contributed by atoms with E-state index in [0.29, 0.717) is 28.6 Å². The van der Waals surface area contributed by atoms with Crippen LogP contribution in [-0.2, 0) is 4.79 Å². The molecule has 1 saturated heterocycles. The van der Waals surface area contributed by atoms with Crippen LogP contribution >= 0.6 is 11.8 Å². The second-order valence-corrected chi connectivity index (χ2v) is 7.41. The number of carbonyl (C=O) groups is 2. The Bertz CT molecular complexity index is 932. The van der Waals surface area contributed by atoms with Crippen LogP contribution < -0.4 is 29.4 Å². The average Bonchev–Trinajstić information content (AvgIpc) is 3.37. The number of carboxylic acid groups (broad SMARTS) is 1. The molecule has 0 unspecified atom stereocenters. The Balaban J connectivity index is 1.50. The number of rotatable bonds is 5. The van der Waals surface area contributed by atoms with Gasteiger partial charge in [0.2, 0.25) is 6.79 Å². The highest BCUT2D eigenvalue weighted by molar-refractivity contribution is 7.99. The number of thioether (sulfide) groups is 1. The first-order valence-electron chi connectivity index (χ1n) is 8.52. The topological polar surface area (TPSA) is 111 Å². The third-order valence-corrected chi connectivity index (χ3v) is 5.83. The number of nitrogens with two attached hydrogens (primary N) is 1. The van der Waals surface area contributed by atoms with Crippen LogP contribution in [0, 0.1) is 0 Å². The summed E-state index contributed by atoms with van der Waals surface area (Å²) in [6.07, 6.45) is 0. The molecule has 2 aromatic rings. The summed E-state index contributed by atoms with van der Waals surface area (Å²) in [6, 6.07) is 9.41. The summed E-state index contributed by atoms with van der Waals surface area (Å²) in [5.41, 5.74) is 1.19. The molecule has 0 aromatic heterocycles. The molecule has 1 fully saturated rings. The van der Waals surface area contributed by atoms with Crippen molar-refractivity contribution in [2.24, 2.45) is 0 Å². The van der Waals surface area contributed by atoms with Gasteiger partial charge in [0.1, 0.15) is 12.0 Å². The lowest BCUT2D eigenvalue weighted by atomic mass is 10.1. The SMILES string of the molecule is COc1cc([C@H]2[NH2+][C@H](C(=O)[O-])CS2)ccc1OC(=O)c1ccc2c(c1)OCO2. The van der Waals surface area contributed by atoms with Gasteiger partial charge in [-0.25, -0.2) is 4.79 Å². The summed E-state index contributed by atoms with van der Waals surface area (Å²) in [5, 5.41) is 12.7. The molecule has 0 radical (unpaired) electrons. The molecule has 2 aromatic carbocycles. The van der Waals surface area contributed by atoms with E-state index >= 15 is 0 Å². The quantitative estimate of drug-likeness (QED) is 0.552. The van der Waals surface area contributed by atoms with Crippen molar-refractivity contribution in [3.63, 3.8) is 0 Å². The molecular weight excluding hydrogens is 386 g/mol. The van der Waals surface area contributed by atoms with Crippen LogP contribution in [0.4, 0.5) is 0 Å². The summed E-state index contributed by atoms with van der Waals surface area (Å²) in [7, 11) is 1.48. The Morgan fingerprint density at radius 3 is 2.71 bits per heavy atom. The van der Waals surface area contributed by atoms with E-state index in [-0.39, 0.29) is 17.9 Å². The summed E-state index contributed by atoms with van der Waals surface area (Å²) in [4.78, 5) is 23.5. The molecule has 4 rings (SSSR count). The maximum Gasteiger partial charge on any atom is 0.343 e. The fraction of sp³-hybridized carbons (Fsp3) is 0.263. The number of esters is 1. The van der Waals surface area contributed by atoms with Crippen molar-refractivity contribution in [2.45, 2.75) is 11.4 Å². The van der Waals surface area contributed by atoms with Gasteiger partial charge in [0.05, 0.1) is 18.4 Å². The summed E-state index contributed by atoms with van der Waals surface area (Å²) in [5.74, 6) is 0.577. The first-order chi connectivity index (χ1) is 13.5. The molecule has 0 spiro atoms. The van der Waals surface area contributed by atoms with Crippen molar-refractivity contribution in [1.82, 2.24) is 0 Å². The Labute approximate surface area is 164 Å². The molecule has 146 valence electrons. The number of quaternary nitrogens is 1. The molecule has 2 N–H and O–H groups in total. The van der Waals surface area contributed by atoms with E-state index in [0.717, 1.165) is 5.56 Å². The monoisotopic (exact) mass is 403 g/mol. The fourth-order valence-corrected chi connectivity index (χ4v) is 4.31. The minimum atomic E-state index is -1.07. The number of aliphatic carboxylic acids is 1. The van der Waals surface area contributed by atoms with Crippen LogP contribution in [0.15, 0.2) is 36.4 Å². The highest BCUT2D eigenvalue weighted by Crippen LogP contribution is 2.36. The molecule has 2 aliphatic heterocycles. The average molecular weight is 403 g/mol. The third kappa shape index (κ3) is 3.58. The first-order valence-corrected chi connectivity index (χ1v) is 9.57. The van der Waals surface area contributed by atoms with Crippen LogP contribution in [0.25, 0.3) is 0 Å². The second-order valence-electron chi connectivity index (χ2n) is 6.24. The van der Waals surface area contributed by atoms with Gasteiger partial charge in [-0.05, 0) is 36.4 Å². The van der Waals surface area contributed by atoms with Gasteiger partial charge < -0.3 is 34.2 Å². The molecule has 9 heteroatoms. The van der Waals surface area contributed by atoms with Crippen LogP contribution in [-0.4, -0.2) is 37.6 Å². The van der Waals surface area contributed by atoms with Crippen molar-refractivity contribution in [3.8, 4) is 23.0 Å². The van der Waals surface area contributed by atoms with E-state index in [1.165, 1.54) is 18.9 Å². The molecule has 0 saturated carbocycles. The van der Waals surface area contributed by atoms with Crippen LogP contribution in [0.2, 0.25) is 0 Å². The molecule has 8 nitrogen and oxygen atoms in total. The van der Waals surface area contributed by atoms with E-state index in [1.807, 2.05) is 0 Å². The van der Waals surface area contributed by atoms with Gasteiger partial charge in [0, 0.05) is 5.56 Å². The molecule has 2 heterocycles. The smallest absolute Gasteiger partial charge is 0.343 e. The van der Waals surface area contributed by atoms with Crippen molar-refractivity contribution >= 4 is 23.7 Å². The second kappa shape index (κ2) is 7.61. The van der Waals surface area contributed by atoms with Gasteiger partial charge in [-0.3, -0.25) is 0 Å². The van der Waals surface area contributed by atoms with Gasteiger partial charge in [0.25, 0.3) is 0 Å². The van der Waals surface area contributed by atoms with Crippen LogP contribution in [0.5, 0.6) is 23.0 Å². The van der Waals surface area contributed by atoms with Gasteiger partial charge in [-0.15, -0.1) is 0 Å². The zero-order valence-corrected chi connectivity index (χ0v) is 15.7. The third-order valence-electron chi connectivity index (χ3n) is 4.49. The lowest BCUT2D eigenvalue weighted by Gasteiger charge is -2.14. The van der Waals surface area contributed by atoms with Crippen LogP contribution in [0.3, 0.4) is 0 Å². The Hall–Kier alpha value is -2.91. The maximum atomic E-state index is 12.5. The minimum Gasteiger partial charge on any atom is -0.544 e. The highest BCUT2D eigenvalue weighted by atomic mass is 32.2. The van der Waals surface area contributed by atoms with E-state index in [9.17, 15) is 14.7 Å². The van der Waals surface area contributed by atoms with Crippen molar-refractivity contribution in [3.05, 3.63) is 47.5 Å². The number of fused-ring (bicyclic) bond motifs is 1. The standard InChI is InChI=1S/C19H17NO7S/c1-24-15-6-10(17-20-12(8-28-17)18(21)22)2-5-14(15)27-19(23)11-3-4-13-16(7-11)26-9-25-13/h2-7,12,17,20H,8-9H2,1H3,(H,21,22)/t12-,17-/m0/s1. The van der Waals surface area contributed by atoms with Crippen molar-refractivity contribution < 1.29 is 39.0 Å². The van der Waals surface area contributed by atoms with Gasteiger partial charge in [-0.2, -0.15) is 0 Å². The maximum absolute atomic E-state index is 12.5. The van der Waals surface area contributed by atoms with Crippen molar-refractivity contribution in [1.29, 1.82) is 0 Å². The number of hydrogen-bond acceptors (Lipinski definition) is 8. The normalized spacial score (nSPS) is 20.0. The molecule has 0 bridgehead atoms. The van der Waals surface area contributed by atoms with Gasteiger partial charge in [-0.1, -0.05) is 11.8 Å². The highest BCUT2D eigenvalue weighted by Gasteiger charge is 2.31. The molecule has 2 atom stereocenters. The number of hydrogen-bond donors (Lipinski definition) is 1. The van der Waals surface area contributed by atoms with Crippen molar-refractivity contribution in [2.75, 3.05) is 19.7 Å². The van der Waals surface area contributed by atoms with E-state index in [2.05, 4.69) is 0 Å². The van der Waals surface area contributed by atoms with E-state index in [4.69, 9.17) is 18.9 Å². The summed E-state index contributed by atoms with van der Waals surface area (Å²) < 4.78 is 21.3. The lowest BCUT2D eigenvalue weighted by molar-refractivity contribution is -0.690. The molecular formula is C19H17NO7S. The molecule has 2 aliphatic rings. The molecule has 0 aliphatic carbocycles. The largest absolute Gasteiger partial charge is 0.544 e. The number of carbonyl (C=O) groups excluding carboxylic acids is 2. The number of benzene rings is 2. The molecule has 28 heavy (non-hydrogen) atoms. The molecule has 0 amide bonds. The predicted molar refractivity (Wildman–Crippen MR) is 96.4 cm³/mol. The van der Waals surface area contributed by atoms with E-state index in [1.54, 1.807) is 41.7 Å². The predicted octanol–water partition coefficient (Wildman–Crippen LogP) is 0.0704. The fourth-order valence-electron chi connectivity index (χ4n) is 3.01. The number of methoxy groups -OCH3 is 1. The first kappa shape index (κ1) is 18.5. The lowest BCUT2D eigenvalue weighted by Crippen LogP contribution is -2.90. The van der Waals surface area contributed by atoms with Crippen LogP contribution in [0.1, 0.15) is 21.3 Å². The number of ether oxygens (including phenoxy) is 4. The zero-order chi connectivity index (χ0) is 19.7. The zero-order valence-electron chi connectivity index (χ0n) is 14.9. The minimum absolute atomic E-state index is 0.0876. The summed E-state index contributed by atoms with van der Waals surface area (Å²) >= 11 is 1.51. The summed E-state index contributed by atoms with van der Waals surface area (Å²) in [6.45, 7) is 0.123. The van der Waals surface area contributed by atoms with Gasteiger partial charge >= 0.3 is 5.97 Å². The van der Waals surface area contributed by atoms with Gasteiger partial charge in [0.15, 0.2) is 28.4 Å².